The van der Waals surface area contributed by atoms with E-state index in [1.54, 1.807) is 29.9 Å². The number of thiazole rings is 1. The van der Waals surface area contributed by atoms with E-state index in [2.05, 4.69) is 16.3 Å². The smallest absolute Gasteiger partial charge is 0.243 e. The van der Waals surface area contributed by atoms with Crippen LogP contribution in [0, 0.1) is 27.7 Å². The molecule has 2 aromatic carbocycles. The Balaban J connectivity index is 1.46. The minimum atomic E-state index is -3.56. The third-order valence-electron chi connectivity index (χ3n) is 6.74. The van der Waals surface area contributed by atoms with Crippen molar-refractivity contribution in [3.63, 3.8) is 0 Å². The number of ether oxygens (including phenoxy) is 2. The van der Waals surface area contributed by atoms with Gasteiger partial charge in [0.05, 0.1) is 24.8 Å². The summed E-state index contributed by atoms with van der Waals surface area (Å²) < 4.78 is 39.5. The summed E-state index contributed by atoms with van der Waals surface area (Å²) >= 11 is 1.59. The van der Waals surface area contributed by atoms with Crippen molar-refractivity contribution in [2.75, 3.05) is 45.3 Å². The zero-order valence-corrected chi connectivity index (χ0v) is 22.8. The highest BCUT2D eigenvalue weighted by Gasteiger charge is 2.32. The second-order valence-electron chi connectivity index (χ2n) is 9.00. The van der Waals surface area contributed by atoms with Crippen LogP contribution in [0.4, 0.5) is 5.13 Å². The van der Waals surface area contributed by atoms with Crippen molar-refractivity contribution >= 4 is 26.5 Å². The molecular weight excluding hydrogens is 482 g/mol. The molecule has 0 atom stereocenters. The summed E-state index contributed by atoms with van der Waals surface area (Å²) in [6.45, 7) is 9.86. The molecule has 35 heavy (non-hydrogen) atoms. The minimum absolute atomic E-state index is 0.441. The van der Waals surface area contributed by atoms with Gasteiger partial charge < -0.3 is 14.4 Å². The predicted octanol–water partition coefficient (Wildman–Crippen LogP) is 4.50. The van der Waals surface area contributed by atoms with Gasteiger partial charge in [0.2, 0.25) is 10.0 Å². The average molecular weight is 516 g/mol. The van der Waals surface area contributed by atoms with Gasteiger partial charge in [0.15, 0.2) is 5.13 Å². The lowest BCUT2D eigenvalue weighted by molar-refractivity contribution is 0.384. The lowest BCUT2D eigenvalue weighted by Crippen LogP contribution is -2.49. The summed E-state index contributed by atoms with van der Waals surface area (Å²) in [5, 5.41) is 2.98. The van der Waals surface area contributed by atoms with Gasteiger partial charge in [-0.3, -0.25) is 0 Å². The number of piperazine rings is 1. The van der Waals surface area contributed by atoms with Gasteiger partial charge in [-0.1, -0.05) is 6.07 Å². The molecule has 2 heterocycles. The summed E-state index contributed by atoms with van der Waals surface area (Å²) in [6, 6.07) is 7.89. The van der Waals surface area contributed by atoms with E-state index >= 15 is 0 Å². The normalized spacial score (nSPS) is 14.9. The first-order chi connectivity index (χ1) is 16.6. The highest BCUT2D eigenvalue weighted by molar-refractivity contribution is 7.89. The van der Waals surface area contributed by atoms with E-state index < -0.39 is 10.0 Å². The molecule has 4 rings (SSSR count). The van der Waals surface area contributed by atoms with E-state index in [1.807, 2.05) is 45.9 Å². The highest BCUT2D eigenvalue weighted by Crippen LogP contribution is 2.31. The van der Waals surface area contributed by atoms with Crippen molar-refractivity contribution in [3.8, 4) is 11.5 Å². The van der Waals surface area contributed by atoms with E-state index in [1.165, 1.54) is 0 Å². The maximum absolute atomic E-state index is 13.6. The van der Waals surface area contributed by atoms with Crippen LogP contribution in [0.3, 0.4) is 0 Å². The molecule has 1 fully saturated rings. The van der Waals surface area contributed by atoms with Crippen LogP contribution in [0.2, 0.25) is 0 Å². The van der Waals surface area contributed by atoms with Crippen molar-refractivity contribution in [2.45, 2.75) is 39.0 Å². The Morgan fingerprint density at radius 1 is 0.886 bits per heavy atom. The quantitative estimate of drug-likeness (QED) is 0.462. The fraction of sp³-hybridized carbons (Fsp3) is 0.423. The van der Waals surface area contributed by atoms with Crippen LogP contribution >= 0.6 is 11.3 Å². The monoisotopic (exact) mass is 515 g/mol. The molecule has 9 heteroatoms. The summed E-state index contributed by atoms with van der Waals surface area (Å²) in [5.74, 6) is 1.50. The topological polar surface area (TPSA) is 72.0 Å². The molecule has 0 spiro atoms. The maximum atomic E-state index is 13.6. The maximum Gasteiger partial charge on any atom is 0.243 e. The lowest BCUT2D eigenvalue weighted by atomic mass is 10.0. The number of methoxy groups -OCH3 is 2. The SMILES string of the molecule is COc1cc(Cc2csc(N3CCN(S(=O)(=O)c4c(C)c(C)cc(C)c4C)CC3)n2)cc(OC)c1. The molecule has 0 aliphatic carbocycles. The summed E-state index contributed by atoms with van der Waals surface area (Å²) in [7, 11) is -0.275. The molecule has 1 aliphatic rings. The van der Waals surface area contributed by atoms with Gasteiger partial charge in [-0.15, -0.1) is 11.3 Å². The Morgan fingerprint density at radius 3 is 2.00 bits per heavy atom. The van der Waals surface area contributed by atoms with Gasteiger partial charge in [0, 0.05) is 44.0 Å². The van der Waals surface area contributed by atoms with Gasteiger partial charge in [-0.2, -0.15) is 4.31 Å². The molecule has 7 nitrogen and oxygen atoms in total. The lowest BCUT2D eigenvalue weighted by Gasteiger charge is -2.34. The van der Waals surface area contributed by atoms with Crippen LogP contribution in [0.1, 0.15) is 33.5 Å². The number of nitrogens with zero attached hydrogens (tertiary/aromatic N) is 3. The number of hydrogen-bond donors (Lipinski definition) is 0. The summed E-state index contributed by atoms with van der Waals surface area (Å²) in [5.41, 5.74) is 5.73. The van der Waals surface area contributed by atoms with Crippen molar-refractivity contribution in [1.29, 1.82) is 0 Å². The fourth-order valence-corrected chi connectivity index (χ4v) is 7.39. The first kappa shape index (κ1) is 25.5. The van der Waals surface area contributed by atoms with Crippen molar-refractivity contribution in [2.24, 2.45) is 0 Å². The second-order valence-corrected chi connectivity index (χ2v) is 11.7. The number of anilines is 1. The number of aromatic nitrogens is 1. The van der Waals surface area contributed by atoms with E-state index in [-0.39, 0.29) is 0 Å². The molecule has 0 radical (unpaired) electrons. The highest BCUT2D eigenvalue weighted by atomic mass is 32.2. The Bertz CT molecular complexity index is 1280. The van der Waals surface area contributed by atoms with Crippen LogP contribution in [0.25, 0.3) is 0 Å². The molecule has 188 valence electrons. The minimum Gasteiger partial charge on any atom is -0.497 e. The predicted molar refractivity (Wildman–Crippen MR) is 141 cm³/mol. The first-order valence-electron chi connectivity index (χ1n) is 11.6. The Labute approximate surface area is 212 Å². The first-order valence-corrected chi connectivity index (χ1v) is 13.9. The summed E-state index contributed by atoms with van der Waals surface area (Å²) in [6.07, 6.45) is 0.670. The third-order valence-corrected chi connectivity index (χ3v) is 9.86. The molecule has 1 aromatic heterocycles. The number of rotatable bonds is 7. The van der Waals surface area contributed by atoms with Crippen LogP contribution < -0.4 is 14.4 Å². The third kappa shape index (κ3) is 5.17. The Hall–Kier alpha value is -2.62. The van der Waals surface area contributed by atoms with Gasteiger partial charge in [-0.25, -0.2) is 13.4 Å². The standard InChI is InChI=1S/C26H33N3O4S2/c1-17-11-18(2)20(4)25(19(17)3)35(30,31)29-9-7-28(8-10-29)26-27-22(16-34-26)12-21-13-23(32-5)15-24(14-21)33-6/h11,13-16H,7-10,12H2,1-6H3. The number of benzene rings is 2. The van der Waals surface area contributed by atoms with Crippen LogP contribution in [0.5, 0.6) is 11.5 Å². The Morgan fingerprint density at radius 2 is 1.46 bits per heavy atom. The molecule has 0 N–H and O–H groups in total. The molecule has 0 bridgehead atoms. The molecule has 3 aromatic rings. The Kier molecular flexibility index (Phi) is 7.40. The molecule has 0 unspecified atom stereocenters. The van der Waals surface area contributed by atoms with Crippen LogP contribution in [-0.2, 0) is 16.4 Å². The fourth-order valence-electron chi connectivity index (χ4n) is 4.52. The van der Waals surface area contributed by atoms with Crippen molar-refractivity contribution < 1.29 is 17.9 Å². The summed E-state index contributed by atoms with van der Waals surface area (Å²) in [4.78, 5) is 7.47. The number of hydrogen-bond acceptors (Lipinski definition) is 7. The van der Waals surface area contributed by atoms with Crippen molar-refractivity contribution in [1.82, 2.24) is 9.29 Å². The van der Waals surface area contributed by atoms with Crippen LogP contribution in [-0.4, -0.2) is 58.1 Å². The molecule has 0 saturated carbocycles. The van der Waals surface area contributed by atoms with E-state index in [9.17, 15) is 8.42 Å². The average Bonchev–Trinajstić information content (AvgIpc) is 3.31. The number of aryl methyl sites for hydroxylation is 2. The van der Waals surface area contributed by atoms with Gasteiger partial charge in [0.25, 0.3) is 0 Å². The molecule has 1 saturated heterocycles. The zero-order chi connectivity index (χ0) is 25.3. The van der Waals surface area contributed by atoms with Crippen LogP contribution in [0.15, 0.2) is 34.5 Å². The van der Waals surface area contributed by atoms with Gasteiger partial charge in [0.1, 0.15) is 11.5 Å². The van der Waals surface area contributed by atoms with Gasteiger partial charge >= 0.3 is 0 Å². The number of sulfonamides is 1. The van der Waals surface area contributed by atoms with Gasteiger partial charge in [-0.05, 0) is 67.6 Å². The van der Waals surface area contributed by atoms with E-state index in [4.69, 9.17) is 14.5 Å². The molecular formula is C26H33N3O4S2. The van der Waals surface area contributed by atoms with E-state index in [0.29, 0.717) is 37.5 Å². The van der Waals surface area contributed by atoms with E-state index in [0.717, 1.165) is 50.1 Å². The largest absolute Gasteiger partial charge is 0.497 e. The molecule has 0 amide bonds. The van der Waals surface area contributed by atoms with Crippen molar-refractivity contribution in [3.05, 3.63) is 63.2 Å². The second kappa shape index (κ2) is 10.2. The zero-order valence-electron chi connectivity index (χ0n) is 21.2. The molecule has 1 aliphatic heterocycles.